The van der Waals surface area contributed by atoms with E-state index in [9.17, 15) is 4.79 Å². The number of hydrogen-bond acceptors (Lipinski definition) is 2. The number of ether oxygens (including phenoxy) is 1. The molecule has 0 saturated heterocycles. The van der Waals surface area contributed by atoms with Gasteiger partial charge in [0, 0.05) is 0 Å². The summed E-state index contributed by atoms with van der Waals surface area (Å²) in [6.07, 6.45) is 0. The summed E-state index contributed by atoms with van der Waals surface area (Å²) in [6, 6.07) is 12.0. The van der Waals surface area contributed by atoms with Crippen LogP contribution in [0.2, 0.25) is 5.02 Å². The molecule has 0 heterocycles. The normalized spacial score (nSPS) is 10.1. The number of carbonyl (C=O) groups is 1. The molecule has 1 N–H and O–H groups in total. The highest BCUT2D eigenvalue weighted by atomic mass is 35.5. The smallest absolute Gasteiger partial charge is 0.339 e. The Morgan fingerprint density at radius 3 is 2.56 bits per heavy atom. The van der Waals surface area contributed by atoms with Crippen LogP contribution in [0, 0.1) is 6.92 Å². The molecule has 18 heavy (non-hydrogen) atoms. The highest BCUT2D eigenvalue weighted by Crippen LogP contribution is 2.34. The number of rotatable bonds is 3. The van der Waals surface area contributed by atoms with E-state index in [2.05, 4.69) is 0 Å². The number of aromatic carboxylic acids is 1. The summed E-state index contributed by atoms with van der Waals surface area (Å²) in [6.45, 7) is 1.88. The summed E-state index contributed by atoms with van der Waals surface area (Å²) in [5.74, 6) is -0.310. The van der Waals surface area contributed by atoms with Gasteiger partial charge < -0.3 is 9.84 Å². The molecule has 0 spiro atoms. The number of halogens is 1. The van der Waals surface area contributed by atoms with E-state index < -0.39 is 5.97 Å². The van der Waals surface area contributed by atoms with Gasteiger partial charge in [-0.3, -0.25) is 0 Å². The third-order valence-electron chi connectivity index (χ3n) is 2.50. The van der Waals surface area contributed by atoms with Crippen molar-refractivity contribution in [1.82, 2.24) is 0 Å². The quantitative estimate of drug-likeness (QED) is 0.904. The van der Waals surface area contributed by atoms with Gasteiger partial charge in [0.2, 0.25) is 0 Å². The summed E-state index contributed by atoms with van der Waals surface area (Å²) < 4.78 is 5.62. The minimum Gasteiger partial charge on any atom is -0.478 e. The van der Waals surface area contributed by atoms with Crippen LogP contribution in [0.15, 0.2) is 42.5 Å². The van der Waals surface area contributed by atoms with Gasteiger partial charge in [0.1, 0.15) is 11.3 Å². The molecule has 2 aromatic rings. The van der Waals surface area contributed by atoms with Crippen molar-refractivity contribution in [2.24, 2.45) is 0 Å². The van der Waals surface area contributed by atoms with E-state index in [1.54, 1.807) is 18.2 Å². The fourth-order valence-corrected chi connectivity index (χ4v) is 1.77. The summed E-state index contributed by atoms with van der Waals surface area (Å²) in [7, 11) is 0. The van der Waals surface area contributed by atoms with Crippen LogP contribution in [0.25, 0.3) is 0 Å². The van der Waals surface area contributed by atoms with Crippen molar-refractivity contribution in [3.8, 4) is 11.5 Å². The van der Waals surface area contributed by atoms with E-state index in [1.165, 1.54) is 6.07 Å². The predicted molar refractivity (Wildman–Crippen MR) is 69.7 cm³/mol. The van der Waals surface area contributed by atoms with Crippen LogP contribution in [0.4, 0.5) is 0 Å². The van der Waals surface area contributed by atoms with Crippen molar-refractivity contribution in [2.75, 3.05) is 0 Å². The molecule has 0 atom stereocenters. The largest absolute Gasteiger partial charge is 0.478 e. The molecule has 0 fully saturated rings. The highest BCUT2D eigenvalue weighted by Gasteiger charge is 2.15. The lowest BCUT2D eigenvalue weighted by Crippen LogP contribution is -2.00. The maximum atomic E-state index is 11.1. The van der Waals surface area contributed by atoms with Crippen molar-refractivity contribution in [3.63, 3.8) is 0 Å². The molecular formula is C14H11ClO3. The SMILES string of the molecule is Cc1ccccc1Oc1c(Cl)cccc1C(=O)O. The van der Waals surface area contributed by atoms with Crippen molar-refractivity contribution < 1.29 is 14.6 Å². The Bertz CT molecular complexity index is 593. The second-order valence-corrected chi connectivity index (χ2v) is 4.20. The Hall–Kier alpha value is -2.00. The molecule has 0 aliphatic heterocycles. The van der Waals surface area contributed by atoms with Crippen LogP contribution >= 0.6 is 11.6 Å². The first-order valence-corrected chi connectivity index (χ1v) is 5.72. The first-order chi connectivity index (χ1) is 8.59. The minimum absolute atomic E-state index is 0.0470. The standard InChI is InChI=1S/C14H11ClO3/c1-9-5-2-3-8-12(9)18-13-10(14(16)17)6-4-7-11(13)15/h2-8H,1H3,(H,16,17). The summed E-state index contributed by atoms with van der Waals surface area (Å²) in [5.41, 5.74) is 0.958. The number of aryl methyl sites for hydroxylation is 1. The Kier molecular flexibility index (Phi) is 3.53. The van der Waals surface area contributed by atoms with Gasteiger partial charge in [-0.15, -0.1) is 0 Å². The summed E-state index contributed by atoms with van der Waals surface area (Å²) >= 11 is 5.99. The van der Waals surface area contributed by atoms with E-state index in [0.717, 1.165) is 5.56 Å². The van der Waals surface area contributed by atoms with Gasteiger partial charge in [-0.2, -0.15) is 0 Å². The second-order valence-electron chi connectivity index (χ2n) is 3.79. The molecule has 3 nitrogen and oxygen atoms in total. The molecular weight excluding hydrogens is 252 g/mol. The molecule has 2 rings (SSSR count). The molecule has 0 amide bonds. The first-order valence-electron chi connectivity index (χ1n) is 5.35. The molecule has 4 heteroatoms. The van der Waals surface area contributed by atoms with E-state index in [0.29, 0.717) is 5.75 Å². The molecule has 0 aliphatic rings. The molecule has 92 valence electrons. The first kappa shape index (κ1) is 12.5. The lowest BCUT2D eigenvalue weighted by Gasteiger charge is -2.12. The van der Waals surface area contributed by atoms with E-state index >= 15 is 0 Å². The lowest BCUT2D eigenvalue weighted by atomic mass is 10.2. The topological polar surface area (TPSA) is 46.5 Å². The zero-order valence-electron chi connectivity index (χ0n) is 9.68. The van der Waals surface area contributed by atoms with Gasteiger partial charge in [0.15, 0.2) is 5.75 Å². The van der Waals surface area contributed by atoms with E-state index in [1.807, 2.05) is 25.1 Å². The van der Waals surface area contributed by atoms with Crippen molar-refractivity contribution in [2.45, 2.75) is 6.92 Å². The van der Waals surface area contributed by atoms with Crippen LogP contribution in [0.3, 0.4) is 0 Å². The molecule has 0 bridgehead atoms. The van der Waals surface area contributed by atoms with Crippen LogP contribution < -0.4 is 4.74 Å². The summed E-state index contributed by atoms with van der Waals surface area (Å²) in [4.78, 5) is 11.1. The van der Waals surface area contributed by atoms with Gasteiger partial charge in [-0.25, -0.2) is 4.79 Å². The van der Waals surface area contributed by atoms with E-state index in [4.69, 9.17) is 21.4 Å². The van der Waals surface area contributed by atoms with Crippen LogP contribution in [0.1, 0.15) is 15.9 Å². The van der Waals surface area contributed by atoms with Crippen molar-refractivity contribution in [1.29, 1.82) is 0 Å². The van der Waals surface area contributed by atoms with Crippen LogP contribution in [-0.4, -0.2) is 11.1 Å². The van der Waals surface area contributed by atoms with Gasteiger partial charge >= 0.3 is 5.97 Å². The lowest BCUT2D eigenvalue weighted by molar-refractivity contribution is 0.0694. The monoisotopic (exact) mass is 262 g/mol. The Morgan fingerprint density at radius 2 is 1.89 bits per heavy atom. The molecule has 0 radical (unpaired) electrons. The third kappa shape index (κ3) is 2.46. The maximum absolute atomic E-state index is 11.1. The Balaban J connectivity index is 2.46. The maximum Gasteiger partial charge on any atom is 0.339 e. The zero-order valence-corrected chi connectivity index (χ0v) is 10.4. The molecule has 0 saturated carbocycles. The zero-order chi connectivity index (χ0) is 13.1. The van der Waals surface area contributed by atoms with Crippen molar-refractivity contribution >= 4 is 17.6 Å². The fraction of sp³-hybridized carbons (Fsp3) is 0.0714. The molecule has 0 aliphatic carbocycles. The summed E-state index contributed by atoms with van der Waals surface area (Å²) in [5, 5.41) is 9.37. The van der Waals surface area contributed by atoms with Gasteiger partial charge in [-0.1, -0.05) is 35.9 Å². The molecule has 2 aromatic carbocycles. The fourth-order valence-electron chi connectivity index (χ4n) is 1.56. The molecule has 0 aromatic heterocycles. The van der Waals surface area contributed by atoms with Gasteiger partial charge in [-0.05, 0) is 30.7 Å². The van der Waals surface area contributed by atoms with E-state index in [-0.39, 0.29) is 16.3 Å². The van der Waals surface area contributed by atoms with Crippen LogP contribution in [0.5, 0.6) is 11.5 Å². The number of carboxylic acid groups (broad SMARTS) is 1. The van der Waals surface area contributed by atoms with Gasteiger partial charge in [0.05, 0.1) is 5.02 Å². The number of para-hydroxylation sites is 2. The average molecular weight is 263 g/mol. The number of hydrogen-bond donors (Lipinski definition) is 1. The minimum atomic E-state index is -1.07. The Morgan fingerprint density at radius 1 is 1.17 bits per heavy atom. The second kappa shape index (κ2) is 5.10. The number of carboxylic acids is 1. The average Bonchev–Trinajstić information content (AvgIpc) is 2.34. The predicted octanol–water partition coefficient (Wildman–Crippen LogP) is 4.14. The third-order valence-corrected chi connectivity index (χ3v) is 2.80. The van der Waals surface area contributed by atoms with Crippen molar-refractivity contribution in [3.05, 3.63) is 58.6 Å². The van der Waals surface area contributed by atoms with Gasteiger partial charge in [0.25, 0.3) is 0 Å². The Labute approximate surface area is 110 Å². The molecule has 0 unspecified atom stereocenters. The highest BCUT2D eigenvalue weighted by molar-refractivity contribution is 6.32. The van der Waals surface area contributed by atoms with Crippen LogP contribution in [-0.2, 0) is 0 Å². The number of benzene rings is 2.